The zero-order valence-corrected chi connectivity index (χ0v) is 18.0. The summed E-state index contributed by atoms with van der Waals surface area (Å²) in [6.45, 7) is 5.24. The molecule has 5 rings (SSSR count). The van der Waals surface area contributed by atoms with Crippen molar-refractivity contribution in [1.29, 1.82) is 0 Å². The minimum absolute atomic E-state index is 0.0500. The number of ether oxygens (including phenoxy) is 2. The van der Waals surface area contributed by atoms with Crippen LogP contribution < -0.4 is 10.1 Å². The molecular weight excluding hydrogens is 390 g/mol. The first-order valence-corrected chi connectivity index (χ1v) is 11.4. The topological polar surface area (TPSA) is 54.0 Å². The van der Waals surface area contributed by atoms with Gasteiger partial charge in [-0.15, -0.1) is 0 Å². The molecule has 31 heavy (non-hydrogen) atoms. The second kappa shape index (κ2) is 8.99. The molecule has 0 radical (unpaired) electrons. The van der Waals surface area contributed by atoms with Gasteiger partial charge in [-0.2, -0.15) is 0 Å². The van der Waals surface area contributed by atoms with E-state index in [4.69, 9.17) is 9.47 Å². The predicted octanol–water partition coefficient (Wildman–Crippen LogP) is 3.75. The van der Waals surface area contributed by atoms with Gasteiger partial charge in [0.25, 0.3) is 0 Å². The number of fused-ring (bicyclic) bond motifs is 2. The molecule has 1 atom stereocenters. The van der Waals surface area contributed by atoms with E-state index in [1.807, 2.05) is 54.6 Å². The van der Waals surface area contributed by atoms with Crippen LogP contribution in [0.3, 0.4) is 0 Å². The van der Waals surface area contributed by atoms with Crippen LogP contribution in [0.1, 0.15) is 25.7 Å². The van der Waals surface area contributed by atoms with Gasteiger partial charge in [-0.25, -0.2) is 0 Å². The van der Waals surface area contributed by atoms with E-state index >= 15 is 0 Å². The average molecular weight is 422 g/mol. The molecule has 2 aromatic carbocycles. The molecule has 1 amide bonds. The van der Waals surface area contributed by atoms with E-state index < -0.39 is 0 Å². The van der Waals surface area contributed by atoms with Gasteiger partial charge >= 0.3 is 0 Å². The Morgan fingerprint density at radius 3 is 2.52 bits per heavy atom. The minimum atomic E-state index is 0.0500. The summed E-state index contributed by atoms with van der Waals surface area (Å²) in [7, 11) is 0. The number of nitrogens with zero attached hydrogens (tertiary/aromatic N) is 2. The molecule has 1 spiro atoms. The van der Waals surface area contributed by atoms with Gasteiger partial charge in [-0.05, 0) is 68.6 Å². The molecule has 0 aliphatic carbocycles. The highest BCUT2D eigenvalue weighted by atomic mass is 16.5. The molecule has 6 nitrogen and oxygen atoms in total. The predicted molar refractivity (Wildman–Crippen MR) is 121 cm³/mol. The number of para-hydroxylation sites is 1. The fraction of sp³-hybridized carbons (Fsp3) is 0.480. The minimum Gasteiger partial charge on any atom is -0.457 e. The highest BCUT2D eigenvalue weighted by Crippen LogP contribution is 2.41. The monoisotopic (exact) mass is 421 g/mol. The number of benzene rings is 2. The van der Waals surface area contributed by atoms with E-state index in [-0.39, 0.29) is 11.4 Å². The van der Waals surface area contributed by atoms with E-state index in [2.05, 4.69) is 15.1 Å². The standard InChI is InChI=1S/C25H31N3O3/c29-24(26-20-8-10-22(11-9-20)31-21-5-2-1-3-6-21)19-28-16-15-27-14-4-7-23(27)25(28)12-17-30-18-13-25/h1-3,5-6,8-11,23H,4,7,12-19H2,(H,26,29). The molecule has 3 aliphatic heterocycles. The van der Waals surface area contributed by atoms with Crippen LogP contribution in [0.15, 0.2) is 54.6 Å². The average Bonchev–Trinajstić information content (AvgIpc) is 3.29. The van der Waals surface area contributed by atoms with Crippen molar-refractivity contribution >= 4 is 11.6 Å². The molecule has 0 bridgehead atoms. The number of carbonyl (C=O) groups is 1. The van der Waals surface area contributed by atoms with Crippen molar-refractivity contribution in [3.05, 3.63) is 54.6 Å². The van der Waals surface area contributed by atoms with E-state index in [0.29, 0.717) is 12.6 Å². The Morgan fingerprint density at radius 1 is 1.00 bits per heavy atom. The number of anilines is 1. The third-order valence-electron chi connectivity index (χ3n) is 7.08. The Kier molecular flexibility index (Phi) is 5.94. The van der Waals surface area contributed by atoms with Crippen molar-refractivity contribution in [3.8, 4) is 11.5 Å². The smallest absolute Gasteiger partial charge is 0.238 e. The van der Waals surface area contributed by atoms with Gasteiger partial charge in [0.15, 0.2) is 0 Å². The van der Waals surface area contributed by atoms with E-state index in [1.54, 1.807) is 0 Å². The second-order valence-corrected chi connectivity index (χ2v) is 8.82. The van der Waals surface area contributed by atoms with Crippen LogP contribution >= 0.6 is 0 Å². The largest absolute Gasteiger partial charge is 0.457 e. The Balaban J connectivity index is 1.22. The molecule has 6 heteroatoms. The quantitative estimate of drug-likeness (QED) is 0.797. The molecule has 3 heterocycles. The second-order valence-electron chi connectivity index (χ2n) is 8.82. The highest BCUT2D eigenvalue weighted by molar-refractivity contribution is 5.92. The molecule has 2 aromatic rings. The molecule has 3 fully saturated rings. The Labute approximate surface area is 184 Å². The van der Waals surface area contributed by atoms with Gasteiger partial charge in [-0.1, -0.05) is 18.2 Å². The first-order valence-electron chi connectivity index (χ1n) is 11.4. The van der Waals surface area contributed by atoms with Crippen LogP contribution in [0.2, 0.25) is 0 Å². The number of nitrogens with one attached hydrogen (secondary N) is 1. The van der Waals surface area contributed by atoms with Crippen molar-refractivity contribution < 1.29 is 14.3 Å². The summed E-state index contributed by atoms with van der Waals surface area (Å²) < 4.78 is 11.5. The third kappa shape index (κ3) is 4.33. The van der Waals surface area contributed by atoms with Crippen molar-refractivity contribution in [2.45, 2.75) is 37.3 Å². The normalized spacial score (nSPS) is 23.4. The summed E-state index contributed by atoms with van der Waals surface area (Å²) >= 11 is 0. The summed E-state index contributed by atoms with van der Waals surface area (Å²) in [6.07, 6.45) is 4.55. The lowest BCUT2D eigenvalue weighted by molar-refractivity contribution is -0.128. The summed E-state index contributed by atoms with van der Waals surface area (Å²) in [5.41, 5.74) is 0.878. The first-order chi connectivity index (χ1) is 15.2. The Hall–Kier alpha value is -2.41. The van der Waals surface area contributed by atoms with Crippen molar-refractivity contribution in [2.24, 2.45) is 0 Å². The maximum Gasteiger partial charge on any atom is 0.238 e. The lowest BCUT2D eigenvalue weighted by Gasteiger charge is -2.56. The molecule has 0 aromatic heterocycles. The number of hydrogen-bond acceptors (Lipinski definition) is 5. The van der Waals surface area contributed by atoms with Crippen LogP contribution in [0.5, 0.6) is 11.5 Å². The SMILES string of the molecule is O=C(CN1CCN2CCCC2C12CCOCC2)Nc1ccc(Oc2ccccc2)cc1. The van der Waals surface area contributed by atoms with Crippen molar-refractivity contribution in [1.82, 2.24) is 9.80 Å². The lowest BCUT2D eigenvalue weighted by Crippen LogP contribution is -2.68. The highest BCUT2D eigenvalue weighted by Gasteiger charge is 2.51. The third-order valence-corrected chi connectivity index (χ3v) is 7.08. The van der Waals surface area contributed by atoms with Gasteiger partial charge in [0.2, 0.25) is 5.91 Å². The number of rotatable bonds is 5. The van der Waals surface area contributed by atoms with Gasteiger partial charge in [0.1, 0.15) is 11.5 Å². The molecule has 164 valence electrons. The maximum atomic E-state index is 12.9. The zero-order chi connectivity index (χ0) is 21.1. The van der Waals surface area contributed by atoms with E-state index in [1.165, 1.54) is 19.4 Å². The zero-order valence-electron chi connectivity index (χ0n) is 18.0. The first kappa shape index (κ1) is 20.5. The van der Waals surface area contributed by atoms with Crippen molar-refractivity contribution in [2.75, 3.05) is 44.7 Å². The molecule has 3 saturated heterocycles. The molecule has 3 aliphatic rings. The van der Waals surface area contributed by atoms with Gasteiger partial charge in [0.05, 0.1) is 6.54 Å². The van der Waals surface area contributed by atoms with E-state index in [9.17, 15) is 4.79 Å². The summed E-state index contributed by atoms with van der Waals surface area (Å²) in [5.74, 6) is 1.60. The Morgan fingerprint density at radius 2 is 1.74 bits per heavy atom. The maximum absolute atomic E-state index is 12.9. The van der Waals surface area contributed by atoms with E-state index in [0.717, 1.165) is 56.3 Å². The molecule has 1 N–H and O–H groups in total. The molecule has 1 unspecified atom stereocenters. The van der Waals surface area contributed by atoms with Crippen LogP contribution in [0, 0.1) is 0 Å². The van der Waals surface area contributed by atoms with Crippen LogP contribution in [-0.2, 0) is 9.53 Å². The van der Waals surface area contributed by atoms with Crippen LogP contribution in [-0.4, -0.2) is 66.7 Å². The lowest BCUT2D eigenvalue weighted by atomic mass is 9.78. The number of piperazine rings is 1. The van der Waals surface area contributed by atoms with Crippen LogP contribution in [0.4, 0.5) is 5.69 Å². The summed E-state index contributed by atoms with van der Waals surface area (Å²) in [4.78, 5) is 18.0. The van der Waals surface area contributed by atoms with Gasteiger partial charge < -0.3 is 14.8 Å². The fourth-order valence-corrected chi connectivity index (χ4v) is 5.60. The van der Waals surface area contributed by atoms with Crippen molar-refractivity contribution in [3.63, 3.8) is 0 Å². The molecule has 0 saturated carbocycles. The Bertz CT molecular complexity index is 881. The number of amides is 1. The van der Waals surface area contributed by atoms with Gasteiger partial charge in [-0.3, -0.25) is 14.6 Å². The fourth-order valence-electron chi connectivity index (χ4n) is 5.60. The summed E-state index contributed by atoms with van der Waals surface area (Å²) in [6, 6.07) is 17.8. The van der Waals surface area contributed by atoms with Crippen LogP contribution in [0.25, 0.3) is 0 Å². The number of hydrogen-bond donors (Lipinski definition) is 1. The molecular formula is C25H31N3O3. The number of carbonyl (C=O) groups excluding carboxylic acids is 1. The summed E-state index contributed by atoms with van der Waals surface area (Å²) in [5, 5.41) is 3.08. The van der Waals surface area contributed by atoms with Gasteiger partial charge in [0, 0.05) is 43.6 Å².